The van der Waals surface area contributed by atoms with Crippen LogP contribution in [0.15, 0.2) is 42.6 Å². The van der Waals surface area contributed by atoms with Crippen LogP contribution in [0.25, 0.3) is 0 Å². The first-order valence-electron chi connectivity index (χ1n) is 7.90. The van der Waals surface area contributed by atoms with Crippen molar-refractivity contribution in [2.45, 2.75) is 44.7 Å². The summed E-state index contributed by atoms with van der Waals surface area (Å²) in [7, 11) is 0. The summed E-state index contributed by atoms with van der Waals surface area (Å²) in [6, 6.07) is 9.89. The van der Waals surface area contributed by atoms with Gasteiger partial charge in [-0.05, 0) is 35.1 Å². The third-order valence-electron chi connectivity index (χ3n) is 4.07. The fourth-order valence-corrected chi connectivity index (χ4v) is 2.51. The van der Waals surface area contributed by atoms with Crippen molar-refractivity contribution in [2.24, 2.45) is 5.73 Å². The highest BCUT2D eigenvalue weighted by Gasteiger charge is 2.31. The molecule has 134 valence electrons. The van der Waals surface area contributed by atoms with Gasteiger partial charge in [0.2, 0.25) is 5.91 Å². The number of rotatable bonds is 4. The van der Waals surface area contributed by atoms with E-state index in [1.807, 2.05) is 24.3 Å². The number of alkyl halides is 3. The molecule has 0 bridgehead atoms. The standard InChI is InChI=1S/C19H21F3N2O/c1-18(2,3)13-6-4-12(5-7-13)10-15(17(23)25)16-9-8-14(11-24-16)19(20,21)22/h4-9,11,15H,10H2,1-3H3,(H2,23,25). The Morgan fingerprint density at radius 2 is 1.60 bits per heavy atom. The normalized spacial score (nSPS) is 13.5. The molecule has 2 N–H and O–H groups in total. The van der Waals surface area contributed by atoms with Gasteiger partial charge in [0.25, 0.3) is 0 Å². The summed E-state index contributed by atoms with van der Waals surface area (Å²) in [6.07, 6.45) is -3.44. The van der Waals surface area contributed by atoms with Crippen LogP contribution >= 0.6 is 0 Å². The summed E-state index contributed by atoms with van der Waals surface area (Å²) >= 11 is 0. The zero-order chi connectivity index (χ0) is 18.8. The smallest absolute Gasteiger partial charge is 0.369 e. The maximum Gasteiger partial charge on any atom is 0.417 e. The minimum Gasteiger partial charge on any atom is -0.369 e. The molecule has 1 aromatic carbocycles. The highest BCUT2D eigenvalue weighted by Crippen LogP contribution is 2.30. The van der Waals surface area contributed by atoms with Crippen LogP contribution in [0.1, 0.15) is 49.1 Å². The number of hydrogen-bond acceptors (Lipinski definition) is 2. The average Bonchev–Trinajstić information content (AvgIpc) is 2.51. The van der Waals surface area contributed by atoms with Crippen molar-refractivity contribution in [3.8, 4) is 0 Å². The molecule has 0 saturated heterocycles. The van der Waals surface area contributed by atoms with Crippen LogP contribution in [0.3, 0.4) is 0 Å². The molecule has 6 heteroatoms. The Balaban J connectivity index is 2.23. The molecule has 0 aliphatic carbocycles. The maximum atomic E-state index is 12.6. The van der Waals surface area contributed by atoms with Gasteiger partial charge in [-0.3, -0.25) is 9.78 Å². The summed E-state index contributed by atoms with van der Waals surface area (Å²) in [4.78, 5) is 15.6. The second kappa shape index (κ2) is 6.86. The van der Waals surface area contributed by atoms with Crippen LogP contribution in [-0.4, -0.2) is 10.9 Å². The molecular formula is C19H21F3N2O. The first-order chi connectivity index (χ1) is 11.5. The Labute approximate surface area is 145 Å². The van der Waals surface area contributed by atoms with Crippen LogP contribution in [-0.2, 0) is 22.8 Å². The summed E-state index contributed by atoms with van der Waals surface area (Å²) in [5.74, 6) is -1.39. The van der Waals surface area contributed by atoms with E-state index in [2.05, 4.69) is 25.8 Å². The molecule has 0 radical (unpaired) electrons. The van der Waals surface area contributed by atoms with Gasteiger partial charge in [-0.1, -0.05) is 45.0 Å². The van der Waals surface area contributed by atoms with Gasteiger partial charge in [-0.25, -0.2) is 0 Å². The zero-order valence-corrected chi connectivity index (χ0v) is 14.4. The van der Waals surface area contributed by atoms with E-state index in [0.717, 1.165) is 23.4 Å². The van der Waals surface area contributed by atoms with Crippen molar-refractivity contribution in [1.82, 2.24) is 4.98 Å². The van der Waals surface area contributed by atoms with Gasteiger partial charge in [0.05, 0.1) is 17.2 Å². The SMILES string of the molecule is CC(C)(C)c1ccc(CC(C(N)=O)c2ccc(C(F)(F)F)cn2)cc1. The van der Waals surface area contributed by atoms with Crippen LogP contribution < -0.4 is 5.73 Å². The topological polar surface area (TPSA) is 56.0 Å². The lowest BCUT2D eigenvalue weighted by atomic mass is 9.85. The second-order valence-corrected chi connectivity index (χ2v) is 7.08. The fourth-order valence-electron chi connectivity index (χ4n) is 2.51. The molecule has 0 spiro atoms. The molecule has 3 nitrogen and oxygen atoms in total. The first kappa shape index (κ1) is 19.0. The van der Waals surface area contributed by atoms with Gasteiger partial charge in [0, 0.05) is 6.20 Å². The Morgan fingerprint density at radius 3 is 2.00 bits per heavy atom. The monoisotopic (exact) mass is 350 g/mol. The predicted octanol–water partition coefficient (Wildman–Crippen LogP) is 4.21. The highest BCUT2D eigenvalue weighted by molar-refractivity contribution is 5.81. The number of halogens is 3. The number of amides is 1. The van der Waals surface area contributed by atoms with Crippen molar-refractivity contribution in [1.29, 1.82) is 0 Å². The van der Waals surface area contributed by atoms with Gasteiger partial charge in [-0.15, -0.1) is 0 Å². The summed E-state index contributed by atoms with van der Waals surface area (Å²) in [5, 5.41) is 0. The summed E-state index contributed by atoms with van der Waals surface area (Å²) in [5.41, 5.74) is 6.86. The van der Waals surface area contributed by atoms with Crippen molar-refractivity contribution >= 4 is 5.91 Å². The Hall–Kier alpha value is -2.37. The lowest BCUT2D eigenvalue weighted by molar-refractivity contribution is -0.137. The van der Waals surface area contributed by atoms with E-state index < -0.39 is 23.6 Å². The fraction of sp³-hybridized carbons (Fsp3) is 0.368. The molecular weight excluding hydrogens is 329 g/mol. The molecule has 0 saturated carbocycles. The number of aromatic nitrogens is 1. The summed E-state index contributed by atoms with van der Waals surface area (Å²) < 4.78 is 37.9. The Kier molecular flexibility index (Phi) is 5.20. The van der Waals surface area contributed by atoms with E-state index in [-0.39, 0.29) is 17.5 Å². The largest absolute Gasteiger partial charge is 0.417 e. The Bertz CT molecular complexity index is 729. The number of primary amides is 1. The first-order valence-corrected chi connectivity index (χ1v) is 7.90. The number of hydrogen-bond donors (Lipinski definition) is 1. The van der Waals surface area contributed by atoms with E-state index in [4.69, 9.17) is 5.73 Å². The van der Waals surface area contributed by atoms with E-state index >= 15 is 0 Å². The van der Waals surface area contributed by atoms with Crippen molar-refractivity contribution in [3.05, 3.63) is 65.0 Å². The molecule has 0 aliphatic rings. The molecule has 0 aliphatic heterocycles. The lowest BCUT2D eigenvalue weighted by Crippen LogP contribution is -2.24. The van der Waals surface area contributed by atoms with Gasteiger partial charge < -0.3 is 5.73 Å². The molecule has 0 fully saturated rings. The van der Waals surface area contributed by atoms with E-state index in [1.165, 1.54) is 6.07 Å². The van der Waals surface area contributed by atoms with E-state index in [1.54, 1.807) is 0 Å². The third kappa shape index (κ3) is 4.81. The van der Waals surface area contributed by atoms with Gasteiger partial charge in [0.15, 0.2) is 0 Å². The number of nitrogens with zero attached hydrogens (tertiary/aromatic N) is 1. The molecule has 1 heterocycles. The van der Waals surface area contributed by atoms with Crippen molar-refractivity contribution in [3.63, 3.8) is 0 Å². The van der Waals surface area contributed by atoms with Gasteiger partial charge in [0.1, 0.15) is 0 Å². The third-order valence-corrected chi connectivity index (χ3v) is 4.07. The second-order valence-electron chi connectivity index (χ2n) is 7.08. The molecule has 2 aromatic rings. The minimum atomic E-state index is -4.46. The number of carbonyl (C=O) groups excluding carboxylic acids is 1. The van der Waals surface area contributed by atoms with E-state index in [0.29, 0.717) is 0 Å². The Morgan fingerprint density at radius 1 is 1.04 bits per heavy atom. The van der Waals surface area contributed by atoms with Crippen molar-refractivity contribution in [2.75, 3.05) is 0 Å². The van der Waals surface area contributed by atoms with Crippen LogP contribution in [0, 0.1) is 0 Å². The molecule has 1 atom stereocenters. The van der Waals surface area contributed by atoms with Crippen LogP contribution in [0.4, 0.5) is 13.2 Å². The maximum absolute atomic E-state index is 12.6. The molecule has 1 unspecified atom stereocenters. The molecule has 25 heavy (non-hydrogen) atoms. The van der Waals surface area contributed by atoms with Gasteiger partial charge >= 0.3 is 6.18 Å². The highest BCUT2D eigenvalue weighted by atomic mass is 19.4. The molecule has 2 rings (SSSR count). The lowest BCUT2D eigenvalue weighted by Gasteiger charge is -2.20. The van der Waals surface area contributed by atoms with Crippen LogP contribution in [0.2, 0.25) is 0 Å². The zero-order valence-electron chi connectivity index (χ0n) is 14.4. The average molecular weight is 350 g/mol. The van der Waals surface area contributed by atoms with Crippen LogP contribution in [0.5, 0.6) is 0 Å². The quantitative estimate of drug-likeness (QED) is 0.898. The number of carbonyl (C=O) groups is 1. The minimum absolute atomic E-state index is 0.0105. The van der Waals surface area contributed by atoms with Crippen molar-refractivity contribution < 1.29 is 18.0 Å². The molecule has 1 aromatic heterocycles. The predicted molar refractivity (Wildman–Crippen MR) is 90.0 cm³/mol. The number of pyridine rings is 1. The molecule has 1 amide bonds. The van der Waals surface area contributed by atoms with Gasteiger partial charge in [-0.2, -0.15) is 13.2 Å². The number of nitrogens with two attached hydrogens (primary N) is 1. The van der Waals surface area contributed by atoms with E-state index in [9.17, 15) is 18.0 Å². The number of benzene rings is 1. The summed E-state index contributed by atoms with van der Waals surface area (Å²) in [6.45, 7) is 6.29.